The highest BCUT2D eigenvalue weighted by Crippen LogP contribution is 2.29. The summed E-state index contributed by atoms with van der Waals surface area (Å²) < 4.78 is 13.8. The third kappa shape index (κ3) is 3.39. The Morgan fingerprint density at radius 1 is 1.21 bits per heavy atom. The molecule has 4 N–H and O–H groups in total. The molecular weight excluding hydrogens is 359 g/mol. The first kappa shape index (κ1) is 17.6. The minimum Gasteiger partial charge on any atom is -0.382 e. The zero-order chi connectivity index (χ0) is 19.7. The first-order chi connectivity index (χ1) is 13.5. The van der Waals surface area contributed by atoms with Gasteiger partial charge in [0, 0.05) is 18.0 Å². The number of nitrogens with two attached hydrogens (primary N) is 1. The Labute approximate surface area is 159 Å². The van der Waals surface area contributed by atoms with Gasteiger partial charge in [0.05, 0.1) is 23.0 Å². The number of hydrogen-bond acceptors (Lipinski definition) is 5. The number of fused-ring (bicyclic) bond motifs is 1. The standard InChI is InChI=1S/C20H17FN6O/c1-11-2-4-14(21)13(8-11)9-17(28)25-16-5-3-12(10-24-16)19-18-15(6-7-23-19)26-27-20(18)22/h2-8,10H,9H2,1H3,(H3,22,26,27)(H,24,25,28). The lowest BCUT2D eigenvalue weighted by Crippen LogP contribution is -2.16. The summed E-state index contributed by atoms with van der Waals surface area (Å²) in [4.78, 5) is 20.9. The van der Waals surface area contributed by atoms with Crippen molar-refractivity contribution in [3.05, 3.63) is 65.7 Å². The number of aryl methyl sites for hydroxylation is 1. The van der Waals surface area contributed by atoms with Crippen molar-refractivity contribution in [3.8, 4) is 11.3 Å². The maximum Gasteiger partial charge on any atom is 0.230 e. The number of aromatic amines is 1. The highest BCUT2D eigenvalue weighted by molar-refractivity contribution is 5.99. The van der Waals surface area contributed by atoms with Gasteiger partial charge in [-0.05, 0) is 36.8 Å². The fourth-order valence-electron chi connectivity index (χ4n) is 3.02. The fourth-order valence-corrected chi connectivity index (χ4v) is 3.02. The first-order valence-electron chi connectivity index (χ1n) is 8.61. The molecule has 0 saturated carbocycles. The maximum absolute atomic E-state index is 13.8. The Balaban J connectivity index is 1.52. The van der Waals surface area contributed by atoms with Crippen LogP contribution in [0.1, 0.15) is 11.1 Å². The van der Waals surface area contributed by atoms with Crippen molar-refractivity contribution in [2.24, 2.45) is 0 Å². The van der Waals surface area contributed by atoms with Crippen LogP contribution in [-0.2, 0) is 11.2 Å². The monoisotopic (exact) mass is 376 g/mol. The molecule has 0 aliphatic carbocycles. The van der Waals surface area contributed by atoms with Crippen LogP contribution in [0.25, 0.3) is 22.2 Å². The van der Waals surface area contributed by atoms with Crippen molar-refractivity contribution in [1.82, 2.24) is 20.2 Å². The predicted molar refractivity (Wildman–Crippen MR) is 105 cm³/mol. The van der Waals surface area contributed by atoms with Gasteiger partial charge in [0.15, 0.2) is 5.82 Å². The Morgan fingerprint density at radius 2 is 2.07 bits per heavy atom. The number of nitrogen functional groups attached to an aromatic ring is 1. The number of hydrogen-bond donors (Lipinski definition) is 3. The Hall–Kier alpha value is -3.81. The normalized spacial score (nSPS) is 10.9. The number of amides is 1. The summed E-state index contributed by atoms with van der Waals surface area (Å²) in [5.41, 5.74) is 9.32. The van der Waals surface area contributed by atoms with E-state index < -0.39 is 5.82 Å². The van der Waals surface area contributed by atoms with Crippen LogP contribution in [-0.4, -0.2) is 26.1 Å². The van der Waals surface area contributed by atoms with Crippen LogP contribution in [0, 0.1) is 12.7 Å². The Bertz CT molecular complexity index is 1170. The minimum atomic E-state index is -0.402. The van der Waals surface area contributed by atoms with E-state index in [9.17, 15) is 9.18 Å². The number of nitrogens with zero attached hydrogens (tertiary/aromatic N) is 3. The average molecular weight is 376 g/mol. The number of anilines is 2. The summed E-state index contributed by atoms with van der Waals surface area (Å²) in [6.07, 6.45) is 3.18. The molecule has 0 bridgehead atoms. The van der Waals surface area contributed by atoms with Gasteiger partial charge in [-0.25, -0.2) is 9.37 Å². The largest absolute Gasteiger partial charge is 0.382 e. The Morgan fingerprint density at radius 3 is 2.86 bits per heavy atom. The first-order valence-corrected chi connectivity index (χ1v) is 8.61. The van der Waals surface area contributed by atoms with Gasteiger partial charge in [0.25, 0.3) is 0 Å². The molecule has 3 aromatic heterocycles. The van der Waals surface area contributed by atoms with Crippen molar-refractivity contribution in [3.63, 3.8) is 0 Å². The highest BCUT2D eigenvalue weighted by Gasteiger charge is 2.13. The lowest BCUT2D eigenvalue weighted by molar-refractivity contribution is -0.115. The van der Waals surface area contributed by atoms with E-state index in [0.29, 0.717) is 22.9 Å². The predicted octanol–water partition coefficient (Wildman–Crippen LogP) is 3.23. The quantitative estimate of drug-likeness (QED) is 0.507. The van der Waals surface area contributed by atoms with E-state index in [1.807, 2.05) is 6.92 Å². The third-order valence-electron chi connectivity index (χ3n) is 4.36. The smallest absolute Gasteiger partial charge is 0.230 e. The average Bonchev–Trinajstić information content (AvgIpc) is 3.07. The number of nitrogens with one attached hydrogen (secondary N) is 2. The fraction of sp³-hybridized carbons (Fsp3) is 0.100. The summed E-state index contributed by atoms with van der Waals surface area (Å²) in [5.74, 6) is -0.0187. The number of carbonyl (C=O) groups is 1. The van der Waals surface area contributed by atoms with E-state index in [2.05, 4.69) is 25.5 Å². The zero-order valence-electron chi connectivity index (χ0n) is 15.0. The second-order valence-electron chi connectivity index (χ2n) is 6.44. The minimum absolute atomic E-state index is 0.0661. The zero-order valence-corrected chi connectivity index (χ0v) is 15.0. The SMILES string of the molecule is Cc1ccc(F)c(CC(=O)Nc2ccc(-c3nccc4[nH]nc(N)c34)cn2)c1. The van der Waals surface area contributed by atoms with Crippen LogP contribution in [0.4, 0.5) is 16.0 Å². The second-order valence-corrected chi connectivity index (χ2v) is 6.44. The van der Waals surface area contributed by atoms with E-state index in [1.165, 1.54) is 6.07 Å². The van der Waals surface area contributed by atoms with Crippen molar-refractivity contribution in [1.29, 1.82) is 0 Å². The van der Waals surface area contributed by atoms with Crippen molar-refractivity contribution < 1.29 is 9.18 Å². The third-order valence-corrected chi connectivity index (χ3v) is 4.36. The molecule has 0 fully saturated rings. The number of halogens is 1. The van der Waals surface area contributed by atoms with Crippen molar-refractivity contribution >= 4 is 28.4 Å². The molecule has 4 aromatic rings. The van der Waals surface area contributed by atoms with E-state index in [4.69, 9.17) is 5.73 Å². The number of carbonyl (C=O) groups excluding carboxylic acids is 1. The van der Waals surface area contributed by atoms with Crippen LogP contribution in [0.3, 0.4) is 0 Å². The van der Waals surface area contributed by atoms with Gasteiger partial charge in [-0.3, -0.25) is 14.9 Å². The van der Waals surface area contributed by atoms with E-state index >= 15 is 0 Å². The molecule has 1 aromatic carbocycles. The molecule has 8 heteroatoms. The molecule has 0 unspecified atom stereocenters. The second kappa shape index (κ2) is 7.07. The van der Waals surface area contributed by atoms with Crippen LogP contribution >= 0.6 is 0 Å². The van der Waals surface area contributed by atoms with Gasteiger partial charge in [-0.2, -0.15) is 5.10 Å². The van der Waals surface area contributed by atoms with Crippen LogP contribution < -0.4 is 11.1 Å². The lowest BCUT2D eigenvalue weighted by Gasteiger charge is -2.08. The highest BCUT2D eigenvalue weighted by atomic mass is 19.1. The van der Waals surface area contributed by atoms with Crippen LogP contribution in [0.15, 0.2) is 48.8 Å². The molecular formula is C20H17FN6O. The molecule has 28 heavy (non-hydrogen) atoms. The van der Waals surface area contributed by atoms with Crippen LogP contribution in [0.2, 0.25) is 0 Å². The van der Waals surface area contributed by atoms with Crippen molar-refractivity contribution in [2.75, 3.05) is 11.1 Å². The molecule has 0 radical (unpaired) electrons. The van der Waals surface area contributed by atoms with Gasteiger partial charge in [-0.1, -0.05) is 17.7 Å². The summed E-state index contributed by atoms with van der Waals surface area (Å²) >= 11 is 0. The maximum atomic E-state index is 13.8. The molecule has 0 aliphatic rings. The topological polar surface area (TPSA) is 110 Å². The molecule has 0 atom stereocenters. The van der Waals surface area contributed by atoms with Crippen molar-refractivity contribution in [2.45, 2.75) is 13.3 Å². The van der Waals surface area contributed by atoms with Gasteiger partial charge in [0.2, 0.25) is 5.91 Å². The van der Waals surface area contributed by atoms with E-state index in [-0.39, 0.29) is 12.3 Å². The molecule has 140 valence electrons. The molecule has 1 amide bonds. The Kier molecular flexibility index (Phi) is 4.44. The molecule has 0 aliphatic heterocycles. The number of rotatable bonds is 4. The molecule has 3 heterocycles. The van der Waals surface area contributed by atoms with E-state index in [0.717, 1.165) is 22.0 Å². The summed E-state index contributed by atoms with van der Waals surface area (Å²) in [6.45, 7) is 1.85. The number of benzene rings is 1. The summed E-state index contributed by atoms with van der Waals surface area (Å²) in [5, 5.41) is 10.2. The number of pyridine rings is 2. The molecule has 7 nitrogen and oxygen atoms in total. The number of H-pyrrole nitrogens is 1. The van der Waals surface area contributed by atoms with Gasteiger partial charge in [-0.15, -0.1) is 0 Å². The summed E-state index contributed by atoms with van der Waals surface area (Å²) in [7, 11) is 0. The number of aromatic nitrogens is 4. The van der Waals surface area contributed by atoms with Gasteiger partial charge < -0.3 is 11.1 Å². The van der Waals surface area contributed by atoms with E-state index in [1.54, 1.807) is 42.7 Å². The van der Waals surface area contributed by atoms with Gasteiger partial charge in [0.1, 0.15) is 11.6 Å². The summed E-state index contributed by atoms with van der Waals surface area (Å²) in [6, 6.07) is 9.92. The molecule has 4 rings (SSSR count). The molecule has 0 saturated heterocycles. The lowest BCUT2D eigenvalue weighted by atomic mass is 10.1. The molecule has 0 spiro atoms. The van der Waals surface area contributed by atoms with Crippen LogP contribution in [0.5, 0.6) is 0 Å². The van der Waals surface area contributed by atoms with Gasteiger partial charge >= 0.3 is 0 Å².